The van der Waals surface area contributed by atoms with Crippen LogP contribution in [-0.4, -0.2) is 23.9 Å². The number of piperidine rings is 1. The van der Waals surface area contributed by atoms with Gasteiger partial charge in [-0.15, -0.1) is 11.3 Å². The fourth-order valence-corrected chi connectivity index (χ4v) is 6.02. The number of halogens is 1. The van der Waals surface area contributed by atoms with Gasteiger partial charge in [-0.05, 0) is 80.8 Å². The van der Waals surface area contributed by atoms with Crippen LogP contribution >= 0.6 is 11.3 Å². The average Bonchev–Trinajstić information content (AvgIpc) is 3.01. The molecular weight excluding hydrogens is 371 g/mol. The first-order valence-electron chi connectivity index (χ1n) is 10.4. The first kappa shape index (κ1) is 19.6. The normalized spacial score (nSPS) is 19.2. The Morgan fingerprint density at radius 1 is 1.25 bits per heavy atom. The number of nitrogens with one attached hydrogen (secondary N) is 1. The summed E-state index contributed by atoms with van der Waals surface area (Å²) in [5.41, 5.74) is 3.61. The van der Waals surface area contributed by atoms with Gasteiger partial charge in [0.2, 0.25) is 5.91 Å². The maximum absolute atomic E-state index is 14.2. The maximum Gasteiger partial charge on any atom is 0.221 e. The van der Waals surface area contributed by atoms with E-state index in [4.69, 9.17) is 0 Å². The van der Waals surface area contributed by atoms with Crippen LogP contribution < -0.4 is 5.32 Å². The van der Waals surface area contributed by atoms with E-state index in [2.05, 4.69) is 17.1 Å². The molecule has 2 aliphatic rings. The summed E-state index contributed by atoms with van der Waals surface area (Å²) >= 11 is 1.73. The van der Waals surface area contributed by atoms with Crippen LogP contribution in [0.25, 0.3) is 0 Å². The summed E-state index contributed by atoms with van der Waals surface area (Å²) in [5, 5.41) is 4.07. The zero-order valence-electron chi connectivity index (χ0n) is 16.8. The van der Waals surface area contributed by atoms with Crippen LogP contribution in [0.4, 0.5) is 9.39 Å². The average molecular weight is 401 g/mol. The molecule has 1 aliphatic heterocycles. The summed E-state index contributed by atoms with van der Waals surface area (Å²) < 4.78 is 14.2. The quantitative estimate of drug-likeness (QED) is 0.730. The minimum atomic E-state index is -0.196. The number of carbonyl (C=O) groups is 1. The summed E-state index contributed by atoms with van der Waals surface area (Å²) in [6.07, 6.45) is 6.85. The number of anilines is 1. The number of amides is 1. The number of likely N-dealkylation sites (tertiary alicyclic amines) is 1. The number of rotatable bonds is 4. The lowest BCUT2D eigenvalue weighted by atomic mass is 9.87. The first-order chi connectivity index (χ1) is 13.5. The minimum Gasteiger partial charge on any atom is -0.318 e. The van der Waals surface area contributed by atoms with E-state index in [-0.39, 0.29) is 17.8 Å². The lowest BCUT2D eigenvalue weighted by molar-refractivity contribution is -0.114. The number of thiophene rings is 1. The standard InChI is InChI=1S/C23H29FN2OS/c1-15-10-12-26(13-11-15)22(17-6-5-7-18(24)14-17)21-19-8-3-4-9-20(19)28-23(21)25-16(2)27/h5-7,14-15,22H,3-4,8-13H2,1-2H3,(H,25,27). The van der Waals surface area contributed by atoms with Crippen molar-refractivity contribution in [2.45, 2.75) is 58.4 Å². The largest absolute Gasteiger partial charge is 0.318 e. The molecule has 0 radical (unpaired) electrons. The summed E-state index contributed by atoms with van der Waals surface area (Å²) in [6.45, 7) is 5.89. The molecule has 5 heteroatoms. The monoisotopic (exact) mass is 400 g/mol. The van der Waals surface area contributed by atoms with Gasteiger partial charge >= 0.3 is 0 Å². The molecule has 0 saturated carbocycles. The predicted octanol–water partition coefficient (Wildman–Crippen LogP) is 5.55. The Balaban J connectivity index is 1.84. The van der Waals surface area contributed by atoms with E-state index in [1.165, 1.54) is 34.9 Å². The second kappa shape index (κ2) is 8.34. The fourth-order valence-electron chi connectivity index (χ4n) is 4.66. The molecule has 1 aliphatic carbocycles. The highest BCUT2D eigenvalue weighted by Gasteiger charge is 2.33. The van der Waals surface area contributed by atoms with E-state index in [1.807, 2.05) is 6.07 Å². The van der Waals surface area contributed by atoms with Crippen molar-refractivity contribution in [2.75, 3.05) is 18.4 Å². The van der Waals surface area contributed by atoms with Gasteiger partial charge in [0.05, 0.1) is 6.04 Å². The molecule has 0 spiro atoms. The van der Waals surface area contributed by atoms with Crippen molar-refractivity contribution in [3.63, 3.8) is 0 Å². The van der Waals surface area contributed by atoms with Crippen molar-refractivity contribution in [3.05, 3.63) is 51.7 Å². The third-order valence-corrected chi connectivity index (χ3v) is 7.35. The molecule has 28 heavy (non-hydrogen) atoms. The van der Waals surface area contributed by atoms with Crippen molar-refractivity contribution < 1.29 is 9.18 Å². The Morgan fingerprint density at radius 3 is 2.71 bits per heavy atom. The lowest BCUT2D eigenvalue weighted by Gasteiger charge is -2.38. The topological polar surface area (TPSA) is 32.3 Å². The van der Waals surface area contributed by atoms with E-state index in [0.29, 0.717) is 0 Å². The molecule has 3 nitrogen and oxygen atoms in total. The number of hydrogen-bond acceptors (Lipinski definition) is 3. The van der Waals surface area contributed by atoms with Gasteiger partial charge in [0.1, 0.15) is 10.8 Å². The number of fused-ring (bicyclic) bond motifs is 1. The fraction of sp³-hybridized carbons (Fsp3) is 0.522. The van der Waals surface area contributed by atoms with Gasteiger partial charge in [-0.1, -0.05) is 19.1 Å². The van der Waals surface area contributed by atoms with Gasteiger partial charge in [-0.3, -0.25) is 9.69 Å². The highest BCUT2D eigenvalue weighted by atomic mass is 32.1. The number of benzene rings is 1. The Hall–Kier alpha value is -1.72. The van der Waals surface area contributed by atoms with Crippen LogP contribution in [0.5, 0.6) is 0 Å². The molecule has 1 unspecified atom stereocenters. The highest BCUT2D eigenvalue weighted by molar-refractivity contribution is 7.16. The Bertz CT molecular complexity index is 854. The summed E-state index contributed by atoms with van der Waals surface area (Å²) in [4.78, 5) is 15.8. The van der Waals surface area contributed by atoms with Crippen LogP contribution in [0.15, 0.2) is 24.3 Å². The third-order valence-electron chi connectivity index (χ3n) is 6.12. The molecule has 0 bridgehead atoms. The Kier molecular flexibility index (Phi) is 5.83. The van der Waals surface area contributed by atoms with E-state index in [0.717, 1.165) is 55.3 Å². The number of aryl methyl sites for hydroxylation is 1. The van der Waals surface area contributed by atoms with E-state index >= 15 is 0 Å². The van der Waals surface area contributed by atoms with Crippen LogP contribution in [0.3, 0.4) is 0 Å². The molecule has 1 saturated heterocycles. The predicted molar refractivity (Wildman–Crippen MR) is 113 cm³/mol. The van der Waals surface area contributed by atoms with Crippen molar-refractivity contribution >= 4 is 22.2 Å². The second-order valence-electron chi connectivity index (χ2n) is 8.31. The van der Waals surface area contributed by atoms with Crippen LogP contribution in [-0.2, 0) is 17.6 Å². The van der Waals surface area contributed by atoms with Gasteiger partial charge in [0.15, 0.2) is 0 Å². The number of carbonyl (C=O) groups excluding carboxylic acids is 1. The van der Waals surface area contributed by atoms with Gasteiger partial charge in [-0.25, -0.2) is 4.39 Å². The van der Waals surface area contributed by atoms with Gasteiger partial charge < -0.3 is 5.32 Å². The third kappa shape index (κ3) is 4.01. The molecule has 4 rings (SSSR count). The van der Waals surface area contributed by atoms with Crippen LogP contribution in [0, 0.1) is 11.7 Å². The van der Waals surface area contributed by atoms with Crippen molar-refractivity contribution in [2.24, 2.45) is 5.92 Å². The molecule has 1 aromatic heterocycles. The van der Waals surface area contributed by atoms with Crippen LogP contribution in [0.1, 0.15) is 67.1 Å². The molecule has 2 aromatic rings. The minimum absolute atomic E-state index is 0.00292. The number of nitrogens with zero attached hydrogens (tertiary/aromatic N) is 1. The first-order valence-corrected chi connectivity index (χ1v) is 11.3. The summed E-state index contributed by atoms with van der Waals surface area (Å²) in [5.74, 6) is 0.499. The molecular formula is C23H29FN2OS. The van der Waals surface area contributed by atoms with Gasteiger partial charge in [0.25, 0.3) is 0 Å². The SMILES string of the molecule is CC(=O)Nc1sc2c(c1C(c1cccc(F)c1)N1CCC(C)CC1)CCCC2. The van der Waals surface area contributed by atoms with Gasteiger partial charge in [-0.2, -0.15) is 0 Å². The molecule has 1 atom stereocenters. The van der Waals surface area contributed by atoms with Crippen LogP contribution in [0.2, 0.25) is 0 Å². The second-order valence-corrected chi connectivity index (χ2v) is 9.42. The number of hydrogen-bond donors (Lipinski definition) is 1. The Labute approximate surface area is 170 Å². The highest BCUT2D eigenvalue weighted by Crippen LogP contribution is 2.46. The lowest BCUT2D eigenvalue weighted by Crippen LogP contribution is -2.37. The zero-order valence-corrected chi connectivity index (χ0v) is 17.6. The molecule has 1 fully saturated rings. The molecule has 1 N–H and O–H groups in total. The molecule has 150 valence electrons. The molecule has 2 heterocycles. The Morgan fingerprint density at radius 2 is 2.00 bits per heavy atom. The van der Waals surface area contributed by atoms with Crippen molar-refractivity contribution in [3.8, 4) is 0 Å². The van der Waals surface area contributed by atoms with Gasteiger partial charge in [0, 0.05) is 17.4 Å². The van der Waals surface area contributed by atoms with E-state index in [1.54, 1.807) is 30.4 Å². The smallest absolute Gasteiger partial charge is 0.221 e. The maximum atomic E-state index is 14.2. The van der Waals surface area contributed by atoms with Crippen molar-refractivity contribution in [1.82, 2.24) is 4.90 Å². The van der Waals surface area contributed by atoms with Crippen molar-refractivity contribution in [1.29, 1.82) is 0 Å². The summed E-state index contributed by atoms with van der Waals surface area (Å²) in [6, 6.07) is 7.03. The summed E-state index contributed by atoms with van der Waals surface area (Å²) in [7, 11) is 0. The zero-order chi connectivity index (χ0) is 19.7. The molecule has 1 aromatic carbocycles. The van der Waals surface area contributed by atoms with E-state index < -0.39 is 0 Å². The molecule has 1 amide bonds. The van der Waals surface area contributed by atoms with E-state index in [9.17, 15) is 9.18 Å².